The van der Waals surface area contributed by atoms with E-state index in [1.807, 2.05) is 0 Å². The third-order valence-electron chi connectivity index (χ3n) is 3.53. The maximum atomic E-state index is 13.3. The fraction of sp³-hybridized carbons (Fsp3) is 0.385. The molecule has 0 aliphatic heterocycles. The van der Waals surface area contributed by atoms with Gasteiger partial charge in [-0.3, -0.25) is 0 Å². The molecule has 1 saturated carbocycles. The second-order valence-corrected chi connectivity index (χ2v) is 5.26. The van der Waals surface area contributed by atoms with Crippen LogP contribution in [0.3, 0.4) is 0 Å². The van der Waals surface area contributed by atoms with Gasteiger partial charge in [-0.05, 0) is 18.9 Å². The average Bonchev–Trinajstić information content (AvgIpc) is 3.08. The van der Waals surface area contributed by atoms with E-state index in [0.717, 1.165) is 23.4 Å². The van der Waals surface area contributed by atoms with Crippen LogP contribution in [0.25, 0.3) is 17.1 Å². The van der Waals surface area contributed by atoms with E-state index in [-0.39, 0.29) is 17.5 Å². The van der Waals surface area contributed by atoms with E-state index in [9.17, 15) is 13.2 Å². The predicted molar refractivity (Wildman–Crippen MR) is 68.0 cm³/mol. The van der Waals surface area contributed by atoms with Gasteiger partial charge in [0.15, 0.2) is 5.65 Å². The molecular formula is C13H10F3N5O. The van der Waals surface area contributed by atoms with Gasteiger partial charge in [0.05, 0.1) is 6.20 Å². The van der Waals surface area contributed by atoms with Crippen LogP contribution in [0.4, 0.5) is 13.2 Å². The van der Waals surface area contributed by atoms with Crippen molar-refractivity contribution in [1.29, 1.82) is 0 Å². The maximum absolute atomic E-state index is 13.3. The molecule has 0 radical (unpaired) electrons. The van der Waals surface area contributed by atoms with Crippen molar-refractivity contribution in [2.75, 3.05) is 0 Å². The first-order valence-corrected chi connectivity index (χ1v) is 6.70. The number of hydrogen-bond acceptors (Lipinski definition) is 5. The molecule has 114 valence electrons. The highest BCUT2D eigenvalue weighted by atomic mass is 19.4. The van der Waals surface area contributed by atoms with E-state index in [4.69, 9.17) is 4.42 Å². The normalized spacial score (nSPS) is 15.6. The summed E-state index contributed by atoms with van der Waals surface area (Å²) in [6.45, 7) is 1.60. The SMILES string of the molecule is Cc1nnc(-c2cnn3c(C(F)(F)F)cc(C4CC4)nc23)o1. The van der Waals surface area contributed by atoms with Crippen molar-refractivity contribution in [2.45, 2.75) is 31.9 Å². The summed E-state index contributed by atoms with van der Waals surface area (Å²) < 4.78 is 45.8. The molecule has 0 atom stereocenters. The summed E-state index contributed by atoms with van der Waals surface area (Å²) in [5.74, 6) is 0.517. The molecule has 3 aromatic heterocycles. The second-order valence-electron chi connectivity index (χ2n) is 5.26. The monoisotopic (exact) mass is 309 g/mol. The van der Waals surface area contributed by atoms with Crippen LogP contribution in [0.15, 0.2) is 16.7 Å². The van der Waals surface area contributed by atoms with Crippen molar-refractivity contribution in [3.8, 4) is 11.5 Å². The fourth-order valence-electron chi connectivity index (χ4n) is 2.33. The van der Waals surface area contributed by atoms with E-state index < -0.39 is 11.9 Å². The Labute approximate surface area is 122 Å². The quantitative estimate of drug-likeness (QED) is 0.728. The number of halogens is 3. The van der Waals surface area contributed by atoms with Crippen LogP contribution in [0, 0.1) is 6.92 Å². The molecule has 0 amide bonds. The molecule has 1 fully saturated rings. The lowest BCUT2D eigenvalue weighted by atomic mass is 10.2. The van der Waals surface area contributed by atoms with E-state index in [2.05, 4.69) is 20.3 Å². The van der Waals surface area contributed by atoms with Gasteiger partial charge in [0.25, 0.3) is 5.89 Å². The third kappa shape index (κ3) is 2.04. The average molecular weight is 309 g/mol. The summed E-state index contributed by atoms with van der Waals surface area (Å²) in [4.78, 5) is 4.33. The Morgan fingerprint density at radius 3 is 2.64 bits per heavy atom. The highest BCUT2D eigenvalue weighted by Crippen LogP contribution is 2.41. The van der Waals surface area contributed by atoms with Crippen molar-refractivity contribution in [3.05, 3.63) is 29.5 Å². The van der Waals surface area contributed by atoms with E-state index in [1.165, 1.54) is 6.20 Å². The smallest absolute Gasteiger partial charge is 0.421 e. The highest BCUT2D eigenvalue weighted by molar-refractivity contribution is 5.71. The summed E-state index contributed by atoms with van der Waals surface area (Å²) in [6, 6.07) is 1.07. The van der Waals surface area contributed by atoms with Gasteiger partial charge >= 0.3 is 6.18 Å². The molecule has 22 heavy (non-hydrogen) atoms. The number of rotatable bonds is 2. The van der Waals surface area contributed by atoms with Gasteiger partial charge in [-0.15, -0.1) is 10.2 Å². The zero-order chi connectivity index (χ0) is 15.5. The van der Waals surface area contributed by atoms with Gasteiger partial charge in [0.2, 0.25) is 5.89 Å². The van der Waals surface area contributed by atoms with E-state index >= 15 is 0 Å². The van der Waals surface area contributed by atoms with Crippen LogP contribution in [0.5, 0.6) is 0 Å². The van der Waals surface area contributed by atoms with Crippen LogP contribution in [-0.4, -0.2) is 24.8 Å². The minimum Gasteiger partial charge on any atom is -0.421 e. The molecule has 0 bridgehead atoms. The van der Waals surface area contributed by atoms with Gasteiger partial charge in [-0.25, -0.2) is 9.50 Å². The summed E-state index contributed by atoms with van der Waals surface area (Å²) >= 11 is 0. The van der Waals surface area contributed by atoms with Crippen LogP contribution in [-0.2, 0) is 6.18 Å². The first-order chi connectivity index (χ1) is 10.4. The van der Waals surface area contributed by atoms with E-state index in [0.29, 0.717) is 17.1 Å². The third-order valence-corrected chi connectivity index (χ3v) is 3.53. The molecule has 1 aliphatic rings. The summed E-state index contributed by atoms with van der Waals surface area (Å²) in [5, 5.41) is 11.3. The predicted octanol–water partition coefficient (Wildman–Crippen LogP) is 2.98. The first kappa shape index (κ1) is 13.2. The Hall–Kier alpha value is -2.45. The summed E-state index contributed by atoms with van der Waals surface area (Å²) in [5.41, 5.74) is -0.0336. The van der Waals surface area contributed by atoms with Crippen molar-refractivity contribution in [1.82, 2.24) is 24.8 Å². The molecule has 0 saturated heterocycles. The van der Waals surface area contributed by atoms with Crippen LogP contribution < -0.4 is 0 Å². The van der Waals surface area contributed by atoms with Crippen LogP contribution >= 0.6 is 0 Å². The van der Waals surface area contributed by atoms with Crippen molar-refractivity contribution in [3.63, 3.8) is 0 Å². The topological polar surface area (TPSA) is 69.1 Å². The molecular weight excluding hydrogens is 299 g/mol. The molecule has 1 aliphatic carbocycles. The van der Waals surface area contributed by atoms with Crippen LogP contribution in [0.2, 0.25) is 0 Å². The molecule has 4 rings (SSSR count). The second kappa shape index (κ2) is 4.28. The number of alkyl halides is 3. The highest BCUT2D eigenvalue weighted by Gasteiger charge is 2.37. The number of fused-ring (bicyclic) bond motifs is 1. The molecule has 0 N–H and O–H groups in total. The van der Waals surface area contributed by atoms with Crippen LogP contribution in [0.1, 0.15) is 36.0 Å². The molecule has 9 heteroatoms. The van der Waals surface area contributed by atoms with Gasteiger partial charge in [0.1, 0.15) is 11.3 Å². The van der Waals surface area contributed by atoms with E-state index in [1.54, 1.807) is 6.92 Å². The van der Waals surface area contributed by atoms with Gasteiger partial charge < -0.3 is 4.42 Å². The fourth-order valence-corrected chi connectivity index (χ4v) is 2.33. The Morgan fingerprint density at radius 1 is 1.27 bits per heavy atom. The number of aromatic nitrogens is 5. The van der Waals surface area contributed by atoms with Crippen molar-refractivity contribution in [2.24, 2.45) is 0 Å². The van der Waals surface area contributed by atoms with Gasteiger partial charge in [-0.1, -0.05) is 0 Å². The minimum absolute atomic E-state index is 0.0817. The molecule has 6 nitrogen and oxygen atoms in total. The number of aryl methyl sites for hydroxylation is 1. The Balaban J connectivity index is 1.99. The lowest BCUT2D eigenvalue weighted by Crippen LogP contribution is -2.14. The summed E-state index contributed by atoms with van der Waals surface area (Å²) in [7, 11) is 0. The molecule has 0 spiro atoms. The molecule has 0 unspecified atom stereocenters. The van der Waals surface area contributed by atoms with Gasteiger partial charge in [-0.2, -0.15) is 18.3 Å². The van der Waals surface area contributed by atoms with Crippen molar-refractivity contribution < 1.29 is 17.6 Å². The lowest BCUT2D eigenvalue weighted by Gasteiger charge is -2.10. The van der Waals surface area contributed by atoms with Gasteiger partial charge in [0, 0.05) is 18.5 Å². The number of hydrogen-bond donors (Lipinski definition) is 0. The zero-order valence-corrected chi connectivity index (χ0v) is 11.4. The maximum Gasteiger partial charge on any atom is 0.433 e. The minimum atomic E-state index is -4.52. The number of nitrogens with zero attached hydrogens (tertiary/aromatic N) is 5. The lowest BCUT2D eigenvalue weighted by molar-refractivity contribution is -0.142. The first-order valence-electron chi connectivity index (χ1n) is 6.70. The standard InChI is InChI=1S/C13H10F3N5O/c1-6-19-20-12(22-6)8-5-17-21-10(13(14,15)16)4-9(7-2-3-7)18-11(8)21/h4-5,7H,2-3H2,1H3. The molecule has 0 aromatic carbocycles. The Kier molecular flexibility index (Phi) is 2.57. The molecule has 3 heterocycles. The summed E-state index contributed by atoms with van der Waals surface area (Å²) in [6.07, 6.45) is -1.55. The molecule has 3 aromatic rings. The van der Waals surface area contributed by atoms with Crippen molar-refractivity contribution >= 4 is 5.65 Å². The zero-order valence-electron chi connectivity index (χ0n) is 11.4. The Morgan fingerprint density at radius 2 is 2.05 bits per heavy atom. The Bertz CT molecular complexity index is 862. The largest absolute Gasteiger partial charge is 0.433 e.